The lowest BCUT2D eigenvalue weighted by Crippen LogP contribution is -1.88. The molecule has 3 aromatic carbocycles. The fraction of sp³-hybridized carbons (Fsp3) is 0. The number of phosphoric ester groups is 1. The van der Waals surface area contributed by atoms with Crippen molar-refractivity contribution in [3.63, 3.8) is 0 Å². The Kier molecular flexibility index (Phi) is 6.15. The average Bonchev–Trinajstić information content (AvgIpc) is 2.58. The SMILES string of the molecule is O=P(O)(O)Oc1ccc(O)cc1.c1ccc(-c2ccccc2)cc1. The Bertz CT molecular complexity index is 745. The number of rotatable bonds is 3. The molecule has 0 heterocycles. The quantitative estimate of drug-likeness (QED) is 0.619. The molecular weight excluding hydrogens is 327 g/mol. The first-order valence-electron chi connectivity index (χ1n) is 7.09. The van der Waals surface area contributed by atoms with Crippen molar-refractivity contribution in [2.45, 2.75) is 0 Å². The molecule has 0 aliphatic carbocycles. The van der Waals surface area contributed by atoms with Crippen LogP contribution in [0, 0.1) is 0 Å². The third kappa shape index (κ3) is 6.26. The summed E-state index contributed by atoms with van der Waals surface area (Å²) in [7, 11) is -4.48. The lowest BCUT2D eigenvalue weighted by Gasteiger charge is -2.05. The van der Waals surface area contributed by atoms with Crippen LogP contribution in [-0.2, 0) is 4.57 Å². The Morgan fingerprint density at radius 2 is 1.08 bits per heavy atom. The second-order valence-electron chi connectivity index (χ2n) is 4.81. The molecule has 3 rings (SSSR count). The van der Waals surface area contributed by atoms with Crippen LogP contribution in [0.4, 0.5) is 0 Å². The molecule has 0 spiro atoms. The smallest absolute Gasteiger partial charge is 0.508 e. The van der Waals surface area contributed by atoms with E-state index >= 15 is 0 Å². The minimum Gasteiger partial charge on any atom is -0.508 e. The van der Waals surface area contributed by atoms with Gasteiger partial charge in [0.25, 0.3) is 0 Å². The van der Waals surface area contributed by atoms with Gasteiger partial charge in [0.1, 0.15) is 11.5 Å². The molecule has 0 saturated carbocycles. The number of hydrogen-bond donors (Lipinski definition) is 3. The van der Waals surface area contributed by atoms with E-state index in [1.165, 1.54) is 35.4 Å². The van der Waals surface area contributed by atoms with Crippen molar-refractivity contribution in [1.29, 1.82) is 0 Å². The van der Waals surface area contributed by atoms with E-state index in [1.54, 1.807) is 0 Å². The number of phenols is 1. The van der Waals surface area contributed by atoms with Gasteiger partial charge in [0.05, 0.1) is 0 Å². The topological polar surface area (TPSA) is 87.0 Å². The van der Waals surface area contributed by atoms with E-state index in [4.69, 9.17) is 14.9 Å². The third-order valence-corrected chi connectivity index (χ3v) is 3.39. The summed E-state index contributed by atoms with van der Waals surface area (Å²) in [4.78, 5) is 16.7. The number of aromatic hydroxyl groups is 1. The van der Waals surface area contributed by atoms with Crippen LogP contribution in [0.15, 0.2) is 84.9 Å². The Balaban J connectivity index is 0.000000174. The van der Waals surface area contributed by atoms with Gasteiger partial charge in [-0.05, 0) is 35.4 Å². The molecule has 0 amide bonds. The van der Waals surface area contributed by atoms with E-state index < -0.39 is 7.82 Å². The van der Waals surface area contributed by atoms with Gasteiger partial charge in [-0.25, -0.2) is 4.57 Å². The molecular formula is C18H17O5P. The molecule has 24 heavy (non-hydrogen) atoms. The van der Waals surface area contributed by atoms with Crippen molar-refractivity contribution in [1.82, 2.24) is 0 Å². The summed E-state index contributed by atoms with van der Waals surface area (Å²) in [5, 5.41) is 8.81. The van der Waals surface area contributed by atoms with Crippen molar-refractivity contribution in [3.8, 4) is 22.6 Å². The number of benzene rings is 3. The molecule has 0 fully saturated rings. The normalized spacial score (nSPS) is 10.4. The maximum atomic E-state index is 10.3. The lowest BCUT2D eigenvalue weighted by molar-refractivity contribution is 0.283. The zero-order valence-corrected chi connectivity index (χ0v) is 13.6. The molecule has 0 unspecified atom stereocenters. The van der Waals surface area contributed by atoms with Crippen LogP contribution in [-0.4, -0.2) is 14.9 Å². The fourth-order valence-electron chi connectivity index (χ4n) is 1.91. The highest BCUT2D eigenvalue weighted by Crippen LogP contribution is 2.37. The molecule has 124 valence electrons. The van der Waals surface area contributed by atoms with Crippen molar-refractivity contribution >= 4 is 7.82 Å². The first-order chi connectivity index (χ1) is 11.4. The van der Waals surface area contributed by atoms with E-state index in [1.807, 2.05) is 12.1 Å². The van der Waals surface area contributed by atoms with Crippen LogP contribution in [0.25, 0.3) is 11.1 Å². The largest absolute Gasteiger partial charge is 0.524 e. The monoisotopic (exact) mass is 344 g/mol. The third-order valence-electron chi connectivity index (χ3n) is 2.94. The summed E-state index contributed by atoms with van der Waals surface area (Å²) in [6.07, 6.45) is 0. The molecule has 6 heteroatoms. The first kappa shape index (κ1) is 17.8. The van der Waals surface area contributed by atoms with Crippen LogP contribution in [0.2, 0.25) is 0 Å². The summed E-state index contributed by atoms with van der Waals surface area (Å²) >= 11 is 0. The predicted octanol–water partition coefficient (Wildman–Crippen LogP) is 4.22. The van der Waals surface area contributed by atoms with Gasteiger partial charge in [-0.3, -0.25) is 9.79 Å². The maximum absolute atomic E-state index is 10.3. The molecule has 0 aromatic heterocycles. The molecule has 0 saturated heterocycles. The Morgan fingerprint density at radius 3 is 1.46 bits per heavy atom. The standard InChI is InChI=1S/C12H10.C6H7O5P/c1-3-7-11(8-4-1)12-9-5-2-6-10-12;7-5-1-3-6(4-2-5)11-12(8,9)10/h1-10H;1-4,7H,(H2,8,9,10). The fourth-order valence-corrected chi connectivity index (χ4v) is 2.30. The van der Waals surface area contributed by atoms with Crippen molar-refractivity contribution in [3.05, 3.63) is 84.9 Å². The van der Waals surface area contributed by atoms with E-state index in [9.17, 15) is 4.57 Å². The van der Waals surface area contributed by atoms with Crippen molar-refractivity contribution in [2.24, 2.45) is 0 Å². The second-order valence-corrected chi connectivity index (χ2v) is 5.97. The van der Waals surface area contributed by atoms with Crippen LogP contribution >= 0.6 is 7.82 Å². The highest BCUT2D eigenvalue weighted by Gasteiger charge is 2.15. The number of phosphoric acid groups is 1. The van der Waals surface area contributed by atoms with E-state index in [2.05, 4.69) is 53.1 Å². The van der Waals surface area contributed by atoms with Crippen LogP contribution in [0.3, 0.4) is 0 Å². The Labute approximate surface area is 140 Å². The van der Waals surface area contributed by atoms with Crippen LogP contribution < -0.4 is 4.52 Å². The zero-order valence-electron chi connectivity index (χ0n) is 12.7. The van der Waals surface area contributed by atoms with Gasteiger partial charge in [-0.1, -0.05) is 60.7 Å². The molecule has 3 N–H and O–H groups in total. The van der Waals surface area contributed by atoms with Crippen molar-refractivity contribution < 1.29 is 24.0 Å². The summed E-state index contributed by atoms with van der Waals surface area (Å²) in [5.41, 5.74) is 2.55. The molecule has 0 aliphatic heterocycles. The highest BCUT2D eigenvalue weighted by atomic mass is 31.2. The lowest BCUT2D eigenvalue weighted by atomic mass is 10.1. The first-order valence-corrected chi connectivity index (χ1v) is 8.62. The van der Waals surface area contributed by atoms with E-state index in [0.29, 0.717) is 0 Å². The Hall–Kier alpha value is -2.59. The molecule has 3 aromatic rings. The summed E-state index contributed by atoms with van der Waals surface area (Å²) in [6, 6.07) is 25.8. The summed E-state index contributed by atoms with van der Waals surface area (Å²) in [5.74, 6) is 0.0224. The molecule has 0 bridgehead atoms. The highest BCUT2D eigenvalue weighted by molar-refractivity contribution is 7.46. The zero-order chi connectivity index (χ0) is 17.4. The van der Waals surface area contributed by atoms with Crippen LogP contribution in [0.1, 0.15) is 0 Å². The Morgan fingerprint density at radius 1 is 0.667 bits per heavy atom. The van der Waals surface area contributed by atoms with E-state index in [-0.39, 0.29) is 11.5 Å². The van der Waals surface area contributed by atoms with Gasteiger partial charge in [0.2, 0.25) is 0 Å². The van der Waals surface area contributed by atoms with E-state index in [0.717, 1.165) is 0 Å². The minimum atomic E-state index is -4.48. The van der Waals surface area contributed by atoms with Gasteiger partial charge >= 0.3 is 7.82 Å². The molecule has 0 aliphatic rings. The van der Waals surface area contributed by atoms with Crippen molar-refractivity contribution in [2.75, 3.05) is 0 Å². The average molecular weight is 344 g/mol. The van der Waals surface area contributed by atoms with Gasteiger partial charge in [-0.15, -0.1) is 0 Å². The molecule has 5 nitrogen and oxygen atoms in total. The maximum Gasteiger partial charge on any atom is 0.524 e. The minimum absolute atomic E-state index is 0.00746. The predicted molar refractivity (Wildman–Crippen MR) is 92.7 cm³/mol. The van der Waals surface area contributed by atoms with Crippen LogP contribution in [0.5, 0.6) is 11.5 Å². The van der Waals surface area contributed by atoms with Gasteiger partial charge in [-0.2, -0.15) is 0 Å². The number of hydrogen-bond acceptors (Lipinski definition) is 3. The van der Waals surface area contributed by atoms with Gasteiger partial charge in [0, 0.05) is 0 Å². The van der Waals surface area contributed by atoms with Gasteiger partial charge < -0.3 is 9.63 Å². The second kappa shape index (κ2) is 8.31. The molecule has 0 radical (unpaired) electrons. The molecule has 0 atom stereocenters. The van der Waals surface area contributed by atoms with Gasteiger partial charge in [0.15, 0.2) is 0 Å². The summed E-state index contributed by atoms with van der Waals surface area (Å²) < 4.78 is 14.5. The number of phenolic OH excluding ortho intramolecular Hbond substituents is 1. The summed E-state index contributed by atoms with van der Waals surface area (Å²) in [6.45, 7) is 0.